The third kappa shape index (κ3) is 4.19. The lowest BCUT2D eigenvalue weighted by Crippen LogP contribution is -2.32. The normalized spacial score (nSPS) is 12.2. The van der Waals surface area contributed by atoms with Crippen LogP contribution in [0.2, 0.25) is 0 Å². The minimum atomic E-state index is -0.919. The topological polar surface area (TPSA) is 75.1 Å². The molecule has 0 radical (unpaired) electrons. The molecule has 6 rings (SSSR count). The SMILES string of the molecule is CCc1sc2ncnc(N[C@H](Cc3cccc4ccccc34)C(=O)O)c2c1-c1cccc2ccccc12. The highest BCUT2D eigenvalue weighted by Crippen LogP contribution is 2.43. The van der Waals surface area contributed by atoms with Crippen LogP contribution in [0.1, 0.15) is 17.4 Å². The van der Waals surface area contributed by atoms with Gasteiger partial charge in [0.2, 0.25) is 0 Å². The molecule has 0 fully saturated rings. The number of benzene rings is 4. The standard InChI is InChI=1S/C31H25N3O2S/c1-2-26-27(24-16-8-12-20-10-4-6-15-23(20)24)28-29(32-18-33-30(28)37-26)34-25(31(35)36)17-21-13-7-11-19-9-3-5-14-22(19)21/h3-16,18,25H,2,17H2,1H3,(H,35,36)(H,32,33,34)/t25-/m1/s1. The van der Waals surface area contributed by atoms with Crippen molar-refractivity contribution in [2.24, 2.45) is 0 Å². The van der Waals surface area contributed by atoms with Gasteiger partial charge in [0, 0.05) is 16.9 Å². The van der Waals surface area contributed by atoms with Gasteiger partial charge < -0.3 is 10.4 Å². The Kier molecular flexibility index (Phi) is 6.02. The molecule has 0 bridgehead atoms. The van der Waals surface area contributed by atoms with Crippen molar-refractivity contribution in [1.29, 1.82) is 0 Å². The van der Waals surface area contributed by atoms with E-state index in [-0.39, 0.29) is 0 Å². The van der Waals surface area contributed by atoms with Crippen LogP contribution in [-0.2, 0) is 17.6 Å². The molecule has 2 N–H and O–H groups in total. The first-order chi connectivity index (χ1) is 18.1. The van der Waals surface area contributed by atoms with Gasteiger partial charge in [-0.3, -0.25) is 0 Å². The maximum atomic E-state index is 12.5. The number of nitrogens with zero attached hydrogens (tertiary/aromatic N) is 2. The van der Waals surface area contributed by atoms with E-state index in [1.165, 1.54) is 11.2 Å². The van der Waals surface area contributed by atoms with E-state index in [2.05, 4.69) is 52.5 Å². The predicted molar refractivity (Wildman–Crippen MR) is 152 cm³/mol. The molecule has 2 heterocycles. The van der Waals surface area contributed by atoms with Gasteiger partial charge in [0.1, 0.15) is 23.0 Å². The number of carboxylic acid groups (broad SMARTS) is 1. The zero-order valence-corrected chi connectivity index (χ0v) is 21.1. The average molecular weight is 504 g/mol. The summed E-state index contributed by atoms with van der Waals surface area (Å²) < 4.78 is 0. The zero-order valence-electron chi connectivity index (χ0n) is 20.3. The van der Waals surface area contributed by atoms with Crippen molar-refractivity contribution < 1.29 is 9.90 Å². The van der Waals surface area contributed by atoms with Gasteiger partial charge in [-0.1, -0.05) is 91.9 Å². The third-order valence-electron chi connectivity index (χ3n) is 6.85. The Morgan fingerprint density at radius 3 is 2.32 bits per heavy atom. The van der Waals surface area contributed by atoms with E-state index in [0.29, 0.717) is 12.2 Å². The molecule has 0 saturated heterocycles. The number of thiophene rings is 1. The molecule has 0 saturated carbocycles. The second-order valence-electron chi connectivity index (χ2n) is 9.06. The number of hydrogen-bond donors (Lipinski definition) is 2. The first-order valence-electron chi connectivity index (χ1n) is 12.3. The van der Waals surface area contributed by atoms with E-state index in [9.17, 15) is 9.90 Å². The van der Waals surface area contributed by atoms with E-state index in [4.69, 9.17) is 0 Å². The number of carboxylic acids is 1. The molecular weight excluding hydrogens is 478 g/mol. The highest BCUT2D eigenvalue weighted by molar-refractivity contribution is 7.19. The van der Waals surface area contributed by atoms with Crippen LogP contribution in [-0.4, -0.2) is 27.1 Å². The Hall–Kier alpha value is -4.29. The fourth-order valence-corrected chi connectivity index (χ4v) is 6.21. The lowest BCUT2D eigenvalue weighted by atomic mass is 9.95. The number of rotatable bonds is 7. The van der Waals surface area contributed by atoms with E-state index in [0.717, 1.165) is 54.9 Å². The number of aromatic nitrogens is 2. The molecule has 1 atom stereocenters. The van der Waals surface area contributed by atoms with Crippen LogP contribution in [0.25, 0.3) is 42.9 Å². The van der Waals surface area contributed by atoms with Crippen LogP contribution in [0.15, 0.2) is 91.3 Å². The molecule has 0 amide bonds. The molecule has 0 spiro atoms. The summed E-state index contributed by atoms with van der Waals surface area (Å²) in [5.41, 5.74) is 3.17. The maximum Gasteiger partial charge on any atom is 0.326 e. The minimum Gasteiger partial charge on any atom is -0.480 e. The number of hydrogen-bond acceptors (Lipinski definition) is 5. The second kappa shape index (κ2) is 9.64. The summed E-state index contributed by atoms with van der Waals surface area (Å²) in [4.78, 5) is 23.7. The third-order valence-corrected chi connectivity index (χ3v) is 8.10. The Labute approximate surface area is 218 Å². The van der Waals surface area contributed by atoms with Gasteiger partial charge in [-0.05, 0) is 39.1 Å². The van der Waals surface area contributed by atoms with Crippen LogP contribution in [0.3, 0.4) is 0 Å². The fraction of sp³-hybridized carbons (Fsp3) is 0.129. The van der Waals surface area contributed by atoms with Crippen molar-refractivity contribution in [1.82, 2.24) is 9.97 Å². The summed E-state index contributed by atoms with van der Waals surface area (Å²) in [6.45, 7) is 2.14. The first kappa shape index (κ1) is 23.1. The van der Waals surface area contributed by atoms with Crippen LogP contribution in [0.4, 0.5) is 5.82 Å². The molecular formula is C31H25N3O2S. The first-order valence-corrected chi connectivity index (χ1v) is 13.2. The van der Waals surface area contributed by atoms with Crippen LogP contribution in [0, 0.1) is 0 Å². The van der Waals surface area contributed by atoms with Gasteiger partial charge >= 0.3 is 5.97 Å². The smallest absolute Gasteiger partial charge is 0.326 e. The molecule has 6 aromatic rings. The quantitative estimate of drug-likeness (QED) is 0.238. The van der Waals surface area contributed by atoms with Crippen molar-refractivity contribution in [2.45, 2.75) is 25.8 Å². The van der Waals surface area contributed by atoms with Crippen LogP contribution >= 0.6 is 11.3 Å². The molecule has 182 valence electrons. The molecule has 0 aliphatic carbocycles. The van der Waals surface area contributed by atoms with Gasteiger partial charge in [0.05, 0.1) is 5.39 Å². The minimum absolute atomic E-state index is 0.330. The van der Waals surface area contributed by atoms with Gasteiger partial charge in [0.15, 0.2) is 0 Å². The lowest BCUT2D eigenvalue weighted by Gasteiger charge is -2.18. The predicted octanol–water partition coefficient (Wildman–Crippen LogP) is 7.33. The average Bonchev–Trinajstić information content (AvgIpc) is 3.32. The number of carbonyl (C=O) groups is 1. The summed E-state index contributed by atoms with van der Waals surface area (Å²) >= 11 is 1.64. The Balaban J connectivity index is 1.48. The largest absolute Gasteiger partial charge is 0.480 e. The molecule has 0 unspecified atom stereocenters. The van der Waals surface area contributed by atoms with E-state index in [1.807, 2.05) is 54.6 Å². The monoisotopic (exact) mass is 503 g/mol. The summed E-state index contributed by atoms with van der Waals surface area (Å²) in [5, 5.41) is 18.8. The molecule has 0 aliphatic rings. The summed E-state index contributed by atoms with van der Waals surface area (Å²) in [7, 11) is 0. The van der Waals surface area contributed by atoms with Gasteiger partial charge in [-0.25, -0.2) is 14.8 Å². The molecule has 0 aliphatic heterocycles. The molecule has 2 aromatic heterocycles. The molecule has 37 heavy (non-hydrogen) atoms. The van der Waals surface area contributed by atoms with Crippen molar-refractivity contribution in [3.05, 3.63) is 102 Å². The summed E-state index contributed by atoms with van der Waals surface area (Å²) in [5.74, 6) is -0.367. The van der Waals surface area contributed by atoms with Crippen molar-refractivity contribution in [3.63, 3.8) is 0 Å². The van der Waals surface area contributed by atoms with Crippen molar-refractivity contribution in [2.75, 3.05) is 5.32 Å². The highest BCUT2D eigenvalue weighted by atomic mass is 32.1. The van der Waals surface area contributed by atoms with Gasteiger partial charge in [-0.2, -0.15) is 0 Å². The molecule has 4 aromatic carbocycles. The van der Waals surface area contributed by atoms with E-state index in [1.54, 1.807) is 11.3 Å². The number of nitrogens with one attached hydrogen (secondary N) is 1. The number of aryl methyl sites for hydroxylation is 1. The van der Waals surface area contributed by atoms with Gasteiger partial charge in [-0.15, -0.1) is 11.3 Å². The van der Waals surface area contributed by atoms with E-state index >= 15 is 0 Å². The van der Waals surface area contributed by atoms with Crippen LogP contribution < -0.4 is 5.32 Å². The Bertz CT molecular complexity index is 1770. The van der Waals surface area contributed by atoms with Crippen molar-refractivity contribution >= 4 is 54.9 Å². The summed E-state index contributed by atoms with van der Waals surface area (Å²) in [6.07, 6.45) is 2.69. The second-order valence-corrected chi connectivity index (χ2v) is 10.1. The van der Waals surface area contributed by atoms with Crippen molar-refractivity contribution in [3.8, 4) is 11.1 Å². The van der Waals surface area contributed by atoms with E-state index < -0.39 is 12.0 Å². The Morgan fingerprint density at radius 1 is 0.892 bits per heavy atom. The molecule has 6 heteroatoms. The summed E-state index contributed by atoms with van der Waals surface area (Å²) in [6, 6.07) is 27.9. The van der Waals surface area contributed by atoms with Crippen LogP contribution in [0.5, 0.6) is 0 Å². The Morgan fingerprint density at radius 2 is 1.57 bits per heavy atom. The van der Waals surface area contributed by atoms with Gasteiger partial charge in [0.25, 0.3) is 0 Å². The fourth-order valence-electron chi connectivity index (χ4n) is 5.12. The number of anilines is 1. The highest BCUT2D eigenvalue weighted by Gasteiger charge is 2.24. The zero-order chi connectivity index (χ0) is 25.4. The maximum absolute atomic E-state index is 12.5. The number of aliphatic carboxylic acids is 1. The molecule has 5 nitrogen and oxygen atoms in total. The number of fused-ring (bicyclic) bond motifs is 3. The lowest BCUT2D eigenvalue weighted by molar-refractivity contribution is -0.137.